The summed E-state index contributed by atoms with van der Waals surface area (Å²) in [5, 5.41) is 2.99. The molecule has 1 aliphatic rings. The molecule has 4 nitrogen and oxygen atoms in total. The molecular formula is C17H19N3O. The van der Waals surface area contributed by atoms with E-state index in [1.54, 1.807) is 6.20 Å². The second-order valence-corrected chi connectivity index (χ2v) is 5.44. The maximum atomic E-state index is 12.5. The molecule has 0 spiro atoms. The Labute approximate surface area is 124 Å². The minimum absolute atomic E-state index is 0.0352. The molecule has 108 valence electrons. The fourth-order valence-corrected chi connectivity index (χ4v) is 2.85. The van der Waals surface area contributed by atoms with Gasteiger partial charge >= 0.3 is 6.03 Å². The third-order valence-corrected chi connectivity index (χ3v) is 3.85. The zero-order chi connectivity index (χ0) is 14.7. The fraction of sp³-hybridized carbons (Fsp3) is 0.294. The Kier molecular flexibility index (Phi) is 3.86. The molecule has 1 atom stereocenters. The molecule has 1 N–H and O–H groups in total. The first-order valence-corrected chi connectivity index (χ1v) is 7.28. The van der Waals surface area contributed by atoms with Crippen LogP contribution < -0.4 is 5.32 Å². The maximum Gasteiger partial charge on any atom is 0.322 e. The van der Waals surface area contributed by atoms with Gasteiger partial charge in [-0.25, -0.2) is 4.79 Å². The van der Waals surface area contributed by atoms with Gasteiger partial charge in [-0.05, 0) is 49.1 Å². The van der Waals surface area contributed by atoms with E-state index in [-0.39, 0.29) is 12.1 Å². The van der Waals surface area contributed by atoms with Gasteiger partial charge in [-0.1, -0.05) is 18.2 Å². The van der Waals surface area contributed by atoms with Gasteiger partial charge in [-0.3, -0.25) is 4.98 Å². The Hall–Kier alpha value is -2.36. The van der Waals surface area contributed by atoms with Crippen molar-refractivity contribution in [1.29, 1.82) is 0 Å². The van der Waals surface area contributed by atoms with Crippen molar-refractivity contribution < 1.29 is 4.79 Å². The third-order valence-electron chi connectivity index (χ3n) is 3.85. The molecule has 1 aliphatic heterocycles. The molecule has 0 bridgehead atoms. The summed E-state index contributed by atoms with van der Waals surface area (Å²) in [7, 11) is 0. The second-order valence-electron chi connectivity index (χ2n) is 5.44. The molecule has 0 aliphatic carbocycles. The van der Waals surface area contributed by atoms with E-state index in [9.17, 15) is 4.79 Å². The predicted molar refractivity (Wildman–Crippen MR) is 83.1 cm³/mol. The molecular weight excluding hydrogens is 262 g/mol. The first-order chi connectivity index (χ1) is 10.2. The molecule has 3 rings (SSSR count). The Morgan fingerprint density at radius 1 is 1.33 bits per heavy atom. The van der Waals surface area contributed by atoms with Crippen molar-refractivity contribution >= 4 is 11.7 Å². The number of hydrogen-bond acceptors (Lipinski definition) is 2. The van der Waals surface area contributed by atoms with E-state index < -0.39 is 0 Å². The smallest absolute Gasteiger partial charge is 0.317 e. The van der Waals surface area contributed by atoms with Gasteiger partial charge in [0.2, 0.25) is 0 Å². The maximum absolute atomic E-state index is 12.5. The number of rotatable bonds is 2. The monoisotopic (exact) mass is 281 g/mol. The number of pyridine rings is 1. The van der Waals surface area contributed by atoms with Crippen molar-refractivity contribution in [3.05, 3.63) is 59.9 Å². The first kappa shape index (κ1) is 13.6. The summed E-state index contributed by atoms with van der Waals surface area (Å²) in [5.74, 6) is 0. The highest BCUT2D eigenvalue weighted by molar-refractivity contribution is 5.89. The van der Waals surface area contributed by atoms with Gasteiger partial charge in [0, 0.05) is 24.6 Å². The summed E-state index contributed by atoms with van der Waals surface area (Å²) in [6.07, 6.45) is 5.63. The Morgan fingerprint density at radius 3 is 3.00 bits per heavy atom. The zero-order valence-electron chi connectivity index (χ0n) is 12.1. The van der Waals surface area contributed by atoms with Crippen molar-refractivity contribution in [1.82, 2.24) is 9.88 Å². The van der Waals surface area contributed by atoms with E-state index in [1.807, 2.05) is 54.4 Å². The molecule has 4 heteroatoms. The van der Waals surface area contributed by atoms with Crippen LogP contribution in [0.15, 0.2) is 48.8 Å². The van der Waals surface area contributed by atoms with Gasteiger partial charge in [0.15, 0.2) is 0 Å². The first-order valence-electron chi connectivity index (χ1n) is 7.28. The van der Waals surface area contributed by atoms with E-state index >= 15 is 0 Å². The summed E-state index contributed by atoms with van der Waals surface area (Å²) >= 11 is 0. The van der Waals surface area contributed by atoms with Crippen LogP contribution in [0.4, 0.5) is 10.5 Å². The van der Waals surface area contributed by atoms with Crippen molar-refractivity contribution in [2.24, 2.45) is 0 Å². The number of aromatic nitrogens is 1. The van der Waals surface area contributed by atoms with Crippen LogP contribution in [0.25, 0.3) is 0 Å². The number of nitrogens with zero attached hydrogens (tertiary/aromatic N) is 2. The fourth-order valence-electron chi connectivity index (χ4n) is 2.85. The van der Waals surface area contributed by atoms with Crippen molar-refractivity contribution in [3.63, 3.8) is 0 Å². The molecule has 21 heavy (non-hydrogen) atoms. The number of hydrogen-bond donors (Lipinski definition) is 1. The SMILES string of the molecule is Cc1cccc(NC(=O)N2CCC[C@H]2c2cccnc2)c1. The molecule has 1 fully saturated rings. The summed E-state index contributed by atoms with van der Waals surface area (Å²) in [6.45, 7) is 2.81. The number of nitrogens with one attached hydrogen (secondary N) is 1. The molecule has 2 heterocycles. The number of carbonyl (C=O) groups excluding carboxylic acids is 1. The molecule has 1 aromatic heterocycles. The van der Waals surface area contributed by atoms with Crippen LogP contribution in [0.2, 0.25) is 0 Å². The third kappa shape index (κ3) is 3.05. The van der Waals surface area contributed by atoms with Crippen LogP contribution >= 0.6 is 0 Å². The van der Waals surface area contributed by atoms with Crippen LogP contribution in [0.5, 0.6) is 0 Å². The highest BCUT2D eigenvalue weighted by atomic mass is 16.2. The van der Waals surface area contributed by atoms with E-state index in [4.69, 9.17) is 0 Å². The van der Waals surface area contributed by atoms with E-state index in [2.05, 4.69) is 10.3 Å². The number of carbonyl (C=O) groups is 1. The predicted octanol–water partition coefficient (Wildman–Crippen LogP) is 3.76. The van der Waals surface area contributed by atoms with Crippen LogP contribution in [0.1, 0.15) is 30.0 Å². The Bertz CT molecular complexity index is 627. The van der Waals surface area contributed by atoms with Crippen LogP contribution in [-0.2, 0) is 0 Å². The second kappa shape index (κ2) is 5.95. The van der Waals surface area contributed by atoms with Crippen molar-refractivity contribution in [3.8, 4) is 0 Å². The standard InChI is InChI=1S/C17H19N3O/c1-13-5-2-7-15(11-13)19-17(21)20-10-4-8-16(20)14-6-3-9-18-12-14/h2-3,5-7,9,11-12,16H,4,8,10H2,1H3,(H,19,21)/t16-/m0/s1. The van der Waals surface area contributed by atoms with Crippen LogP contribution in [-0.4, -0.2) is 22.5 Å². The molecule has 1 saturated heterocycles. The lowest BCUT2D eigenvalue weighted by Gasteiger charge is -2.25. The van der Waals surface area contributed by atoms with Crippen molar-refractivity contribution in [2.75, 3.05) is 11.9 Å². The zero-order valence-corrected chi connectivity index (χ0v) is 12.1. The van der Waals surface area contributed by atoms with E-state index in [1.165, 1.54) is 0 Å². The number of anilines is 1. The average molecular weight is 281 g/mol. The minimum atomic E-state index is -0.0352. The lowest BCUT2D eigenvalue weighted by molar-refractivity contribution is 0.207. The lowest BCUT2D eigenvalue weighted by atomic mass is 10.1. The molecule has 2 amide bonds. The summed E-state index contributed by atoms with van der Waals surface area (Å²) in [5.41, 5.74) is 3.09. The normalized spacial score (nSPS) is 17.8. The number of amides is 2. The van der Waals surface area contributed by atoms with E-state index in [0.717, 1.165) is 36.2 Å². The highest BCUT2D eigenvalue weighted by Gasteiger charge is 2.30. The molecule has 0 radical (unpaired) electrons. The van der Waals surface area contributed by atoms with Gasteiger partial charge in [-0.15, -0.1) is 0 Å². The molecule has 1 aromatic carbocycles. The molecule has 0 saturated carbocycles. The molecule has 2 aromatic rings. The summed E-state index contributed by atoms with van der Waals surface area (Å²) in [4.78, 5) is 18.6. The quantitative estimate of drug-likeness (QED) is 0.911. The number of likely N-dealkylation sites (tertiary alicyclic amines) is 1. The number of aryl methyl sites for hydroxylation is 1. The van der Waals surface area contributed by atoms with Crippen molar-refractivity contribution in [2.45, 2.75) is 25.8 Å². The van der Waals surface area contributed by atoms with Gasteiger partial charge in [0.25, 0.3) is 0 Å². The average Bonchev–Trinajstić information content (AvgIpc) is 2.98. The minimum Gasteiger partial charge on any atom is -0.317 e. The van der Waals surface area contributed by atoms with Gasteiger partial charge < -0.3 is 10.2 Å². The summed E-state index contributed by atoms with van der Waals surface area (Å²) in [6, 6.07) is 11.9. The summed E-state index contributed by atoms with van der Waals surface area (Å²) < 4.78 is 0. The largest absolute Gasteiger partial charge is 0.322 e. The van der Waals surface area contributed by atoms with Crippen LogP contribution in [0.3, 0.4) is 0 Å². The lowest BCUT2D eigenvalue weighted by Crippen LogP contribution is -2.34. The Morgan fingerprint density at radius 2 is 2.24 bits per heavy atom. The molecule has 0 unspecified atom stereocenters. The van der Waals surface area contributed by atoms with Gasteiger partial charge in [0.05, 0.1) is 6.04 Å². The highest BCUT2D eigenvalue weighted by Crippen LogP contribution is 2.31. The van der Waals surface area contributed by atoms with E-state index in [0.29, 0.717) is 0 Å². The van der Waals surface area contributed by atoms with Crippen LogP contribution in [0, 0.1) is 6.92 Å². The number of benzene rings is 1. The Balaban J connectivity index is 1.74. The van der Waals surface area contributed by atoms with Gasteiger partial charge in [-0.2, -0.15) is 0 Å². The van der Waals surface area contributed by atoms with Gasteiger partial charge in [0.1, 0.15) is 0 Å². The number of urea groups is 1. The topological polar surface area (TPSA) is 45.2 Å².